The third kappa shape index (κ3) is 2.75. The number of nitro groups is 1. The second-order valence-electron chi connectivity index (χ2n) is 4.03. The van der Waals surface area contributed by atoms with Crippen molar-refractivity contribution < 1.29 is 19.6 Å². The Bertz CT molecular complexity index is 459. The fraction of sp³-hybridized carbons (Fsp3) is 0.364. The van der Waals surface area contributed by atoms with Gasteiger partial charge in [-0.25, -0.2) is 0 Å². The number of carbonyl (C=O) groups is 1. The minimum absolute atomic E-state index is 0.00434. The highest BCUT2D eigenvalue weighted by Crippen LogP contribution is 2.20. The van der Waals surface area contributed by atoms with Crippen molar-refractivity contribution in [1.82, 2.24) is 5.32 Å². The van der Waals surface area contributed by atoms with Crippen LogP contribution >= 0.6 is 0 Å². The summed E-state index contributed by atoms with van der Waals surface area (Å²) in [5.41, 5.74) is -0.00434. The quantitative estimate of drug-likeness (QED) is 0.606. The van der Waals surface area contributed by atoms with E-state index in [1.54, 1.807) is 0 Å². The molecule has 0 spiro atoms. The van der Waals surface area contributed by atoms with Crippen LogP contribution < -0.4 is 10.1 Å². The fourth-order valence-corrected chi connectivity index (χ4v) is 1.82. The van der Waals surface area contributed by atoms with E-state index < -0.39 is 16.9 Å². The number of nitrogens with zero attached hydrogens (tertiary/aromatic N) is 1. The van der Waals surface area contributed by atoms with Crippen molar-refractivity contribution in [3.63, 3.8) is 0 Å². The van der Waals surface area contributed by atoms with Crippen molar-refractivity contribution in [3.8, 4) is 5.75 Å². The molecule has 1 heterocycles. The van der Waals surface area contributed by atoms with Gasteiger partial charge in [-0.1, -0.05) is 0 Å². The Morgan fingerprint density at radius 3 is 2.61 bits per heavy atom. The molecule has 2 atom stereocenters. The standard InChI is InChI=1S/C11H12N2O5/c14-11(15)10-5-9(6-12-10)18-8-3-1-7(2-4-8)13(16)17/h1-4,9-10,12H,5-6H2,(H,14,15)/t9-,10-/m0/s1. The average Bonchev–Trinajstić information content (AvgIpc) is 2.78. The molecule has 0 aliphatic carbocycles. The Balaban J connectivity index is 1.94. The first-order chi connectivity index (χ1) is 8.56. The molecule has 2 N–H and O–H groups in total. The Labute approximate surface area is 103 Å². The number of benzene rings is 1. The molecule has 1 aromatic carbocycles. The van der Waals surface area contributed by atoms with Crippen molar-refractivity contribution in [2.24, 2.45) is 0 Å². The van der Waals surface area contributed by atoms with Crippen LogP contribution in [0.4, 0.5) is 5.69 Å². The third-order valence-electron chi connectivity index (χ3n) is 2.74. The van der Waals surface area contributed by atoms with Crippen LogP contribution in [0.1, 0.15) is 6.42 Å². The SMILES string of the molecule is O=C(O)[C@@H]1C[C@H](Oc2ccc([N+](=O)[O-])cc2)CN1. The number of nitro benzene ring substituents is 1. The predicted molar refractivity (Wildman–Crippen MR) is 61.6 cm³/mol. The molecule has 1 saturated heterocycles. The lowest BCUT2D eigenvalue weighted by molar-refractivity contribution is -0.384. The largest absolute Gasteiger partial charge is 0.489 e. The maximum Gasteiger partial charge on any atom is 0.320 e. The molecule has 7 heteroatoms. The lowest BCUT2D eigenvalue weighted by Gasteiger charge is -2.12. The second-order valence-corrected chi connectivity index (χ2v) is 4.03. The van der Waals surface area contributed by atoms with Crippen LogP contribution in [0.2, 0.25) is 0 Å². The van der Waals surface area contributed by atoms with Crippen LogP contribution in [0, 0.1) is 10.1 Å². The van der Waals surface area contributed by atoms with Crippen molar-refractivity contribution in [1.29, 1.82) is 0 Å². The zero-order chi connectivity index (χ0) is 13.1. The van der Waals surface area contributed by atoms with Gasteiger partial charge in [-0.15, -0.1) is 0 Å². The summed E-state index contributed by atoms with van der Waals surface area (Å²) in [6.45, 7) is 0.452. The first-order valence-corrected chi connectivity index (χ1v) is 5.43. The average molecular weight is 252 g/mol. The van der Waals surface area contributed by atoms with Gasteiger partial charge in [0.2, 0.25) is 0 Å². The number of ether oxygens (including phenoxy) is 1. The van der Waals surface area contributed by atoms with Crippen molar-refractivity contribution in [2.45, 2.75) is 18.6 Å². The van der Waals surface area contributed by atoms with Gasteiger partial charge in [-0.05, 0) is 12.1 Å². The number of non-ortho nitro benzene ring substituents is 1. The first kappa shape index (κ1) is 12.3. The molecule has 1 aliphatic heterocycles. The smallest absolute Gasteiger partial charge is 0.320 e. The molecule has 0 amide bonds. The second kappa shape index (κ2) is 5.01. The normalized spacial score (nSPS) is 22.7. The summed E-state index contributed by atoms with van der Waals surface area (Å²) in [7, 11) is 0. The van der Waals surface area contributed by atoms with Gasteiger partial charge < -0.3 is 15.2 Å². The maximum atomic E-state index is 10.7. The number of hydrogen-bond acceptors (Lipinski definition) is 5. The van der Waals surface area contributed by atoms with E-state index in [1.165, 1.54) is 24.3 Å². The number of nitrogens with one attached hydrogen (secondary N) is 1. The number of carboxylic acid groups (broad SMARTS) is 1. The van der Waals surface area contributed by atoms with E-state index in [1.807, 2.05) is 0 Å². The van der Waals surface area contributed by atoms with Gasteiger partial charge in [0, 0.05) is 25.1 Å². The molecule has 0 saturated carbocycles. The Morgan fingerprint density at radius 2 is 2.11 bits per heavy atom. The lowest BCUT2D eigenvalue weighted by Crippen LogP contribution is -2.30. The van der Waals surface area contributed by atoms with E-state index >= 15 is 0 Å². The molecular formula is C11H12N2O5. The predicted octanol–water partition coefficient (Wildman–Crippen LogP) is 0.789. The summed E-state index contributed by atoms with van der Waals surface area (Å²) >= 11 is 0. The van der Waals surface area contributed by atoms with Gasteiger partial charge in [0.25, 0.3) is 5.69 Å². The molecule has 0 aromatic heterocycles. The Kier molecular flexibility index (Phi) is 3.42. The first-order valence-electron chi connectivity index (χ1n) is 5.43. The van der Waals surface area contributed by atoms with Gasteiger partial charge in [0.15, 0.2) is 0 Å². The summed E-state index contributed by atoms with van der Waals surface area (Å²) in [6, 6.07) is 5.13. The Morgan fingerprint density at radius 1 is 1.44 bits per heavy atom. The van der Waals surface area contributed by atoms with E-state index in [0.29, 0.717) is 18.7 Å². The number of carboxylic acids is 1. The van der Waals surface area contributed by atoms with Crippen molar-refractivity contribution in [3.05, 3.63) is 34.4 Å². The summed E-state index contributed by atoms with van der Waals surface area (Å²) in [5.74, 6) is -0.400. The summed E-state index contributed by atoms with van der Waals surface area (Å²) in [6.07, 6.45) is 0.152. The molecule has 0 radical (unpaired) electrons. The number of aliphatic carboxylic acids is 1. The van der Waals surface area contributed by atoms with Crippen LogP contribution in [0.5, 0.6) is 5.75 Å². The molecule has 0 bridgehead atoms. The molecule has 7 nitrogen and oxygen atoms in total. The highest BCUT2D eigenvalue weighted by Gasteiger charge is 2.30. The lowest BCUT2D eigenvalue weighted by atomic mass is 10.2. The summed E-state index contributed by atoms with van der Waals surface area (Å²) in [4.78, 5) is 20.7. The zero-order valence-electron chi connectivity index (χ0n) is 9.41. The van der Waals surface area contributed by atoms with E-state index in [9.17, 15) is 14.9 Å². The molecular weight excluding hydrogens is 240 g/mol. The van der Waals surface area contributed by atoms with Gasteiger partial charge >= 0.3 is 5.97 Å². The molecule has 1 aliphatic rings. The molecule has 1 fully saturated rings. The highest BCUT2D eigenvalue weighted by molar-refractivity contribution is 5.73. The number of rotatable bonds is 4. The van der Waals surface area contributed by atoms with Crippen LogP contribution in [0.3, 0.4) is 0 Å². The van der Waals surface area contributed by atoms with Crippen molar-refractivity contribution in [2.75, 3.05) is 6.54 Å². The van der Waals surface area contributed by atoms with Crippen molar-refractivity contribution >= 4 is 11.7 Å². The zero-order valence-corrected chi connectivity index (χ0v) is 9.41. The topological polar surface area (TPSA) is 102 Å². The monoisotopic (exact) mass is 252 g/mol. The minimum atomic E-state index is -0.898. The van der Waals surface area contributed by atoms with Crippen LogP contribution in [0.15, 0.2) is 24.3 Å². The molecule has 96 valence electrons. The number of hydrogen-bond donors (Lipinski definition) is 2. The van der Waals surface area contributed by atoms with Gasteiger partial charge in [-0.3, -0.25) is 14.9 Å². The van der Waals surface area contributed by atoms with Gasteiger partial charge in [-0.2, -0.15) is 0 Å². The van der Waals surface area contributed by atoms with Crippen LogP contribution in [-0.4, -0.2) is 34.7 Å². The third-order valence-corrected chi connectivity index (χ3v) is 2.74. The maximum absolute atomic E-state index is 10.7. The van der Waals surface area contributed by atoms with Crippen LogP contribution in [-0.2, 0) is 4.79 Å². The highest BCUT2D eigenvalue weighted by atomic mass is 16.6. The summed E-state index contributed by atoms with van der Waals surface area (Å²) in [5, 5.41) is 22.1. The Hall–Kier alpha value is -2.15. The minimum Gasteiger partial charge on any atom is -0.489 e. The summed E-state index contributed by atoms with van der Waals surface area (Å²) < 4.78 is 5.54. The molecule has 18 heavy (non-hydrogen) atoms. The van der Waals surface area contributed by atoms with E-state index in [-0.39, 0.29) is 11.8 Å². The van der Waals surface area contributed by atoms with E-state index in [0.717, 1.165) is 0 Å². The molecule has 1 aromatic rings. The molecule has 2 rings (SSSR count). The van der Waals surface area contributed by atoms with E-state index in [2.05, 4.69) is 5.32 Å². The van der Waals surface area contributed by atoms with E-state index in [4.69, 9.17) is 9.84 Å². The van der Waals surface area contributed by atoms with Crippen LogP contribution in [0.25, 0.3) is 0 Å². The van der Waals surface area contributed by atoms with Gasteiger partial charge in [0.05, 0.1) is 4.92 Å². The van der Waals surface area contributed by atoms with Gasteiger partial charge in [0.1, 0.15) is 17.9 Å². The fourth-order valence-electron chi connectivity index (χ4n) is 1.82. The molecule has 0 unspecified atom stereocenters.